The lowest BCUT2D eigenvalue weighted by Crippen LogP contribution is -2.18. The first-order valence-corrected chi connectivity index (χ1v) is 4.47. The monoisotopic (exact) mass is 286 g/mol. The van der Waals surface area contributed by atoms with Crippen LogP contribution in [0.1, 0.15) is 5.56 Å². The minimum absolute atomic E-state index is 0.0352. The van der Waals surface area contributed by atoms with Gasteiger partial charge in [0.05, 0.1) is 0 Å². The van der Waals surface area contributed by atoms with Gasteiger partial charge in [0, 0.05) is 12.1 Å². The Bertz CT molecular complexity index is 370. The average Bonchev–Trinajstić information content (AvgIpc) is 2.08. The van der Waals surface area contributed by atoms with E-state index in [-0.39, 0.29) is 11.1 Å². The van der Waals surface area contributed by atoms with Crippen LogP contribution in [0, 0.1) is 0 Å². The molecule has 0 fully saturated rings. The molecule has 1 aromatic rings. The molecule has 0 aliphatic carbocycles. The molecule has 1 heterocycles. The van der Waals surface area contributed by atoms with Crippen LogP contribution in [-0.4, -0.2) is 16.5 Å². The summed E-state index contributed by atoms with van der Waals surface area (Å²) in [6.45, 7) is 0.0352. The Kier molecular flexibility index (Phi) is 3.40. The van der Waals surface area contributed by atoms with E-state index in [0.29, 0.717) is 5.56 Å². The number of halogens is 4. The van der Waals surface area contributed by atoms with Gasteiger partial charge in [-0.2, -0.15) is 0 Å². The summed E-state index contributed by atoms with van der Waals surface area (Å²) in [7, 11) is 0. The third-order valence-corrected chi connectivity index (χ3v) is 2.11. The summed E-state index contributed by atoms with van der Waals surface area (Å²) in [5.41, 5.74) is 5.63. The topological polar surface area (TPSA) is 68.4 Å². The first-order chi connectivity index (χ1) is 6.83. The van der Waals surface area contributed by atoms with E-state index in [4.69, 9.17) is 10.8 Å². The Hall–Kier alpha value is -1.02. The van der Waals surface area contributed by atoms with Gasteiger partial charge >= 0.3 is 6.36 Å². The van der Waals surface area contributed by atoms with E-state index < -0.39 is 18.0 Å². The summed E-state index contributed by atoms with van der Waals surface area (Å²) in [6.07, 6.45) is -4.89. The van der Waals surface area contributed by atoms with E-state index in [2.05, 4.69) is 25.7 Å². The lowest BCUT2D eigenvalue weighted by Gasteiger charge is -2.10. The normalized spacial score (nSPS) is 11.5. The Morgan fingerprint density at radius 2 is 2.13 bits per heavy atom. The third kappa shape index (κ3) is 3.24. The smallest absolute Gasteiger partial charge is 0.503 e. The molecule has 3 N–H and O–H groups in total. The summed E-state index contributed by atoms with van der Waals surface area (Å²) in [4.78, 5) is 3.37. The van der Waals surface area contributed by atoms with Crippen LogP contribution in [0.4, 0.5) is 13.2 Å². The highest BCUT2D eigenvalue weighted by molar-refractivity contribution is 9.10. The second kappa shape index (κ2) is 4.23. The summed E-state index contributed by atoms with van der Waals surface area (Å²) >= 11 is 2.90. The van der Waals surface area contributed by atoms with Gasteiger partial charge in [0.1, 0.15) is 4.60 Å². The van der Waals surface area contributed by atoms with Crippen LogP contribution in [-0.2, 0) is 6.54 Å². The van der Waals surface area contributed by atoms with Gasteiger partial charge in [0.25, 0.3) is 5.88 Å². The highest BCUT2D eigenvalue weighted by atomic mass is 79.9. The van der Waals surface area contributed by atoms with E-state index in [1.165, 1.54) is 0 Å². The van der Waals surface area contributed by atoms with Crippen molar-refractivity contribution in [2.75, 3.05) is 0 Å². The van der Waals surface area contributed by atoms with Crippen LogP contribution < -0.4 is 10.5 Å². The van der Waals surface area contributed by atoms with E-state index in [9.17, 15) is 13.2 Å². The number of aromatic nitrogens is 1. The molecule has 1 aromatic heterocycles. The highest BCUT2D eigenvalue weighted by Crippen LogP contribution is 2.32. The van der Waals surface area contributed by atoms with Crippen molar-refractivity contribution < 1.29 is 23.0 Å². The van der Waals surface area contributed by atoms with Crippen LogP contribution in [0.5, 0.6) is 11.6 Å². The minimum atomic E-state index is -4.89. The van der Waals surface area contributed by atoms with Crippen molar-refractivity contribution in [1.82, 2.24) is 4.98 Å². The average molecular weight is 287 g/mol. The Morgan fingerprint density at radius 3 is 2.60 bits per heavy atom. The van der Waals surface area contributed by atoms with Crippen LogP contribution in [0.15, 0.2) is 10.7 Å². The maximum Gasteiger partial charge on any atom is 0.574 e. The van der Waals surface area contributed by atoms with Crippen molar-refractivity contribution in [3.63, 3.8) is 0 Å². The van der Waals surface area contributed by atoms with Crippen molar-refractivity contribution in [3.05, 3.63) is 16.2 Å². The SMILES string of the molecule is NCc1cc(O)c(OC(F)(F)F)nc1Br. The van der Waals surface area contributed by atoms with Crippen molar-refractivity contribution in [2.45, 2.75) is 12.9 Å². The number of nitrogens with two attached hydrogens (primary N) is 1. The van der Waals surface area contributed by atoms with Gasteiger partial charge in [-0.25, -0.2) is 4.98 Å². The second-order valence-electron chi connectivity index (χ2n) is 2.51. The molecular weight excluding hydrogens is 281 g/mol. The van der Waals surface area contributed by atoms with Crippen molar-refractivity contribution in [3.8, 4) is 11.6 Å². The molecule has 1 rings (SSSR count). The number of aromatic hydroxyl groups is 1. The predicted octanol–water partition coefficient (Wildman–Crippen LogP) is 1.91. The minimum Gasteiger partial charge on any atom is -0.503 e. The van der Waals surface area contributed by atoms with E-state index in [0.717, 1.165) is 6.07 Å². The van der Waals surface area contributed by atoms with Crippen LogP contribution in [0.25, 0.3) is 0 Å². The number of ether oxygens (including phenoxy) is 1. The summed E-state index contributed by atoms with van der Waals surface area (Å²) in [6, 6.07) is 1.05. The van der Waals surface area contributed by atoms with Gasteiger partial charge in [-0.3, -0.25) is 0 Å². The van der Waals surface area contributed by atoms with Crippen LogP contribution in [0.3, 0.4) is 0 Å². The Morgan fingerprint density at radius 1 is 1.53 bits per heavy atom. The first kappa shape index (κ1) is 12.1. The zero-order chi connectivity index (χ0) is 11.6. The van der Waals surface area contributed by atoms with E-state index in [1.807, 2.05) is 0 Å². The summed E-state index contributed by atoms with van der Waals surface area (Å²) in [5, 5.41) is 9.15. The van der Waals surface area contributed by atoms with Crippen molar-refractivity contribution in [1.29, 1.82) is 0 Å². The van der Waals surface area contributed by atoms with Crippen LogP contribution >= 0.6 is 15.9 Å². The molecule has 0 atom stereocenters. The number of pyridine rings is 1. The first-order valence-electron chi connectivity index (χ1n) is 3.67. The number of rotatable bonds is 2. The van der Waals surface area contributed by atoms with Gasteiger partial charge in [0.15, 0.2) is 5.75 Å². The Balaban J connectivity index is 3.05. The summed E-state index contributed by atoms with van der Waals surface area (Å²) < 4.78 is 39.0. The molecule has 0 radical (unpaired) electrons. The van der Waals surface area contributed by atoms with Gasteiger partial charge in [-0.05, 0) is 22.0 Å². The van der Waals surface area contributed by atoms with Crippen molar-refractivity contribution in [2.24, 2.45) is 5.73 Å². The second-order valence-corrected chi connectivity index (χ2v) is 3.27. The van der Waals surface area contributed by atoms with Gasteiger partial charge in [-0.15, -0.1) is 13.2 Å². The van der Waals surface area contributed by atoms with Gasteiger partial charge in [-0.1, -0.05) is 0 Å². The Labute approximate surface area is 91.0 Å². The fourth-order valence-corrected chi connectivity index (χ4v) is 1.27. The standard InChI is InChI=1S/C7H6BrF3N2O2/c8-5-3(2-12)1-4(14)6(13-5)15-7(9,10)11/h1,14H,2,12H2. The van der Waals surface area contributed by atoms with E-state index >= 15 is 0 Å². The molecule has 0 saturated heterocycles. The van der Waals surface area contributed by atoms with Crippen molar-refractivity contribution >= 4 is 15.9 Å². The number of hydrogen-bond acceptors (Lipinski definition) is 4. The third-order valence-electron chi connectivity index (χ3n) is 1.43. The molecule has 15 heavy (non-hydrogen) atoms. The number of hydrogen-bond donors (Lipinski definition) is 2. The summed E-state index contributed by atoms with van der Waals surface area (Å²) in [5.74, 6) is -1.62. The number of nitrogens with zero attached hydrogens (tertiary/aromatic N) is 1. The molecule has 8 heteroatoms. The molecule has 0 bridgehead atoms. The fourth-order valence-electron chi connectivity index (χ4n) is 0.832. The zero-order valence-corrected chi connectivity index (χ0v) is 8.76. The fraction of sp³-hybridized carbons (Fsp3) is 0.286. The molecule has 0 saturated carbocycles. The highest BCUT2D eigenvalue weighted by Gasteiger charge is 2.33. The molecule has 84 valence electrons. The molecular formula is C7H6BrF3N2O2. The molecule has 0 aliphatic rings. The zero-order valence-electron chi connectivity index (χ0n) is 7.18. The van der Waals surface area contributed by atoms with Crippen LogP contribution in [0.2, 0.25) is 0 Å². The molecule has 0 unspecified atom stereocenters. The molecule has 0 amide bonds. The lowest BCUT2D eigenvalue weighted by atomic mass is 10.3. The van der Waals surface area contributed by atoms with E-state index in [1.54, 1.807) is 0 Å². The molecule has 4 nitrogen and oxygen atoms in total. The number of alkyl halides is 3. The largest absolute Gasteiger partial charge is 0.574 e. The molecule has 0 spiro atoms. The lowest BCUT2D eigenvalue weighted by molar-refractivity contribution is -0.276. The molecule has 0 aliphatic heterocycles. The molecule has 0 aromatic carbocycles. The maximum absolute atomic E-state index is 11.8. The van der Waals surface area contributed by atoms with Gasteiger partial charge in [0.2, 0.25) is 0 Å². The van der Waals surface area contributed by atoms with Gasteiger partial charge < -0.3 is 15.6 Å². The quantitative estimate of drug-likeness (QED) is 0.815. The maximum atomic E-state index is 11.8. The predicted molar refractivity (Wildman–Crippen MR) is 48.2 cm³/mol.